The summed E-state index contributed by atoms with van der Waals surface area (Å²) in [5.74, 6) is 3.57. The highest BCUT2D eigenvalue weighted by molar-refractivity contribution is 9.10. The van der Waals surface area contributed by atoms with Gasteiger partial charge < -0.3 is 4.74 Å². The van der Waals surface area contributed by atoms with Crippen LogP contribution in [0, 0.1) is 11.6 Å². The molecule has 0 saturated heterocycles. The molecule has 2 aromatic rings. The Kier molecular flexibility index (Phi) is 4.58. The lowest BCUT2D eigenvalue weighted by Gasteiger charge is -2.18. The smallest absolute Gasteiger partial charge is 0.316 e. The fraction of sp³-hybridized carbons (Fsp3) is 0.167. The number of ether oxygens (including phenoxy) is 1. The summed E-state index contributed by atoms with van der Waals surface area (Å²) >= 11 is 3.02. The Bertz CT molecular complexity index is 609. The van der Waals surface area contributed by atoms with Crippen molar-refractivity contribution in [1.82, 2.24) is 15.4 Å². The molecule has 2 rings (SSSR count). The summed E-state index contributed by atoms with van der Waals surface area (Å²) < 4.78 is 31.6. The summed E-state index contributed by atoms with van der Waals surface area (Å²) in [5, 5.41) is 0. The molecule has 20 heavy (non-hydrogen) atoms. The van der Waals surface area contributed by atoms with Gasteiger partial charge in [0.05, 0.1) is 17.6 Å². The molecule has 1 heterocycles. The van der Waals surface area contributed by atoms with E-state index in [9.17, 15) is 8.78 Å². The Morgan fingerprint density at radius 1 is 1.30 bits per heavy atom. The van der Waals surface area contributed by atoms with Gasteiger partial charge in [-0.05, 0) is 27.6 Å². The highest BCUT2D eigenvalue weighted by atomic mass is 79.9. The number of nitrogens with two attached hydrogens (primary N) is 1. The van der Waals surface area contributed by atoms with Crippen LogP contribution in [0.15, 0.2) is 29.0 Å². The molecule has 106 valence electrons. The molecule has 5 nitrogen and oxygen atoms in total. The third-order valence-corrected chi connectivity index (χ3v) is 3.51. The maximum atomic E-state index is 13.6. The molecule has 0 fully saturated rings. The summed E-state index contributed by atoms with van der Waals surface area (Å²) in [7, 11) is 1.44. The number of methoxy groups -OCH3 is 1. The van der Waals surface area contributed by atoms with Gasteiger partial charge in [-0.3, -0.25) is 5.84 Å². The molecule has 0 aliphatic heterocycles. The SMILES string of the molecule is COc1ncc(C(NN)c2ccc(F)c(F)c2Br)cn1. The quantitative estimate of drug-likeness (QED) is 0.504. The molecule has 8 heteroatoms. The Labute approximate surface area is 122 Å². The Balaban J connectivity index is 2.44. The number of hydrogen-bond donors (Lipinski definition) is 2. The fourth-order valence-corrected chi connectivity index (χ4v) is 2.26. The van der Waals surface area contributed by atoms with Crippen molar-refractivity contribution in [1.29, 1.82) is 0 Å². The molecular formula is C12H11BrF2N4O. The van der Waals surface area contributed by atoms with Crippen LogP contribution in [0.25, 0.3) is 0 Å². The zero-order valence-electron chi connectivity index (χ0n) is 10.4. The zero-order valence-corrected chi connectivity index (χ0v) is 12.0. The van der Waals surface area contributed by atoms with Crippen LogP contribution in [0.1, 0.15) is 17.2 Å². The fourth-order valence-electron chi connectivity index (χ4n) is 1.71. The van der Waals surface area contributed by atoms with Crippen LogP contribution in [-0.4, -0.2) is 17.1 Å². The lowest BCUT2D eigenvalue weighted by Crippen LogP contribution is -2.29. The Morgan fingerprint density at radius 2 is 1.95 bits per heavy atom. The normalized spacial score (nSPS) is 12.2. The first kappa shape index (κ1) is 14.8. The van der Waals surface area contributed by atoms with Gasteiger partial charge in [-0.25, -0.2) is 24.2 Å². The minimum atomic E-state index is -0.975. The number of nitrogens with zero attached hydrogens (tertiary/aromatic N) is 2. The van der Waals surface area contributed by atoms with Crippen LogP contribution in [0.3, 0.4) is 0 Å². The van der Waals surface area contributed by atoms with Crippen molar-refractivity contribution >= 4 is 15.9 Å². The Hall–Kier alpha value is -1.64. The van der Waals surface area contributed by atoms with Gasteiger partial charge in [0.2, 0.25) is 0 Å². The number of benzene rings is 1. The molecule has 1 aromatic carbocycles. The van der Waals surface area contributed by atoms with Crippen LogP contribution < -0.4 is 16.0 Å². The minimum Gasteiger partial charge on any atom is -0.467 e. The van der Waals surface area contributed by atoms with E-state index in [0.29, 0.717) is 11.1 Å². The van der Waals surface area contributed by atoms with E-state index >= 15 is 0 Å². The van der Waals surface area contributed by atoms with Crippen molar-refractivity contribution in [3.05, 3.63) is 51.8 Å². The van der Waals surface area contributed by atoms with Crippen molar-refractivity contribution in [3.63, 3.8) is 0 Å². The maximum absolute atomic E-state index is 13.6. The number of rotatable bonds is 4. The average molecular weight is 345 g/mol. The van der Waals surface area contributed by atoms with Crippen LogP contribution in [-0.2, 0) is 0 Å². The van der Waals surface area contributed by atoms with E-state index in [1.165, 1.54) is 25.6 Å². The molecule has 0 aliphatic rings. The first-order chi connectivity index (χ1) is 9.58. The van der Waals surface area contributed by atoms with Gasteiger partial charge in [-0.2, -0.15) is 0 Å². The number of nitrogens with one attached hydrogen (secondary N) is 1. The summed E-state index contributed by atoms with van der Waals surface area (Å²) in [6.07, 6.45) is 2.98. The van der Waals surface area contributed by atoms with Crippen LogP contribution in [0.2, 0.25) is 0 Å². The average Bonchev–Trinajstić information content (AvgIpc) is 2.48. The molecule has 3 N–H and O–H groups in total. The summed E-state index contributed by atoms with van der Waals surface area (Å²) in [4.78, 5) is 7.90. The molecule has 0 spiro atoms. The first-order valence-corrected chi connectivity index (χ1v) is 6.33. The van der Waals surface area contributed by atoms with Gasteiger partial charge in [0, 0.05) is 18.0 Å². The van der Waals surface area contributed by atoms with Crippen LogP contribution in [0.4, 0.5) is 8.78 Å². The third kappa shape index (κ3) is 2.77. The van der Waals surface area contributed by atoms with Gasteiger partial charge in [0.25, 0.3) is 0 Å². The third-order valence-electron chi connectivity index (χ3n) is 2.71. The van der Waals surface area contributed by atoms with Gasteiger partial charge in [0.15, 0.2) is 11.6 Å². The van der Waals surface area contributed by atoms with Gasteiger partial charge in [-0.1, -0.05) is 6.07 Å². The zero-order chi connectivity index (χ0) is 14.7. The highest BCUT2D eigenvalue weighted by Gasteiger charge is 2.20. The van der Waals surface area contributed by atoms with E-state index in [0.717, 1.165) is 6.07 Å². The standard InChI is InChI=1S/C12H11BrF2N4O/c1-20-12-17-4-6(5-18-12)11(19-16)7-2-3-8(14)10(15)9(7)13/h2-5,11,19H,16H2,1H3. The molecule has 0 bridgehead atoms. The topological polar surface area (TPSA) is 73.1 Å². The van der Waals surface area contributed by atoms with E-state index in [-0.39, 0.29) is 10.5 Å². The molecule has 1 unspecified atom stereocenters. The summed E-state index contributed by atoms with van der Waals surface area (Å²) in [5.41, 5.74) is 3.53. The summed E-state index contributed by atoms with van der Waals surface area (Å²) in [6, 6.07) is 2.07. The van der Waals surface area contributed by atoms with Gasteiger partial charge >= 0.3 is 6.01 Å². The molecule has 0 aliphatic carbocycles. The Morgan fingerprint density at radius 3 is 2.50 bits per heavy atom. The van der Waals surface area contributed by atoms with E-state index in [1.807, 2.05) is 0 Å². The molecule has 1 atom stereocenters. The molecular weight excluding hydrogens is 334 g/mol. The molecule has 1 aromatic heterocycles. The molecule has 0 amide bonds. The van der Waals surface area contributed by atoms with Crippen molar-refractivity contribution in [2.24, 2.45) is 5.84 Å². The summed E-state index contributed by atoms with van der Waals surface area (Å²) in [6.45, 7) is 0. The van der Waals surface area contributed by atoms with Crippen LogP contribution in [0.5, 0.6) is 6.01 Å². The number of halogens is 3. The van der Waals surface area contributed by atoms with E-state index in [1.54, 1.807) is 0 Å². The second-order valence-electron chi connectivity index (χ2n) is 3.87. The first-order valence-electron chi connectivity index (χ1n) is 5.54. The van der Waals surface area contributed by atoms with E-state index in [4.69, 9.17) is 10.6 Å². The maximum Gasteiger partial charge on any atom is 0.316 e. The van der Waals surface area contributed by atoms with Crippen molar-refractivity contribution in [2.75, 3.05) is 7.11 Å². The monoisotopic (exact) mass is 344 g/mol. The van der Waals surface area contributed by atoms with Gasteiger partial charge in [-0.15, -0.1) is 0 Å². The molecule has 0 radical (unpaired) electrons. The van der Waals surface area contributed by atoms with Gasteiger partial charge in [0.1, 0.15) is 0 Å². The van der Waals surface area contributed by atoms with Crippen molar-refractivity contribution in [2.45, 2.75) is 6.04 Å². The van der Waals surface area contributed by atoms with Crippen molar-refractivity contribution < 1.29 is 13.5 Å². The highest BCUT2D eigenvalue weighted by Crippen LogP contribution is 2.31. The van der Waals surface area contributed by atoms with E-state index < -0.39 is 17.7 Å². The van der Waals surface area contributed by atoms with Crippen LogP contribution >= 0.6 is 15.9 Å². The second-order valence-corrected chi connectivity index (χ2v) is 4.66. The predicted octanol–water partition coefficient (Wildman–Crippen LogP) is 2.08. The number of aromatic nitrogens is 2. The van der Waals surface area contributed by atoms with Crippen molar-refractivity contribution in [3.8, 4) is 6.01 Å². The van der Waals surface area contributed by atoms with E-state index in [2.05, 4.69) is 31.3 Å². The minimum absolute atomic E-state index is 0.00346. The number of hydrazine groups is 1. The predicted molar refractivity (Wildman–Crippen MR) is 71.8 cm³/mol. The lowest BCUT2D eigenvalue weighted by molar-refractivity contribution is 0.378. The number of hydrogen-bond acceptors (Lipinski definition) is 5. The largest absolute Gasteiger partial charge is 0.467 e. The lowest BCUT2D eigenvalue weighted by atomic mass is 10.0. The second kappa shape index (κ2) is 6.21. The molecule has 0 saturated carbocycles.